The zero-order valence-electron chi connectivity index (χ0n) is 16.1. The lowest BCUT2D eigenvalue weighted by Crippen LogP contribution is -2.28. The molecule has 0 aliphatic carbocycles. The van der Waals surface area contributed by atoms with E-state index in [2.05, 4.69) is 24.1 Å². The fraction of sp³-hybridized carbons (Fsp3) is 0.550. The first-order valence-electron chi connectivity index (χ1n) is 9.46. The van der Waals surface area contributed by atoms with Crippen LogP contribution in [0.15, 0.2) is 41.6 Å². The van der Waals surface area contributed by atoms with Crippen molar-refractivity contribution in [2.75, 3.05) is 26.7 Å². The maximum absolute atomic E-state index is 12.9. The standard InChI is InChI=1S/C20H31N3O2S/c1-4-12-21-15-17(2)8-5-6-14-23(3)26(24,25)20-10-7-9-18-16-22-13-11-19(18)20/h7,9-11,13,16-17,21H,4-6,8,12,14-15H2,1-3H3. The second kappa shape index (κ2) is 10.00. The molecule has 0 fully saturated rings. The first-order chi connectivity index (χ1) is 12.5. The van der Waals surface area contributed by atoms with Gasteiger partial charge in [0.1, 0.15) is 0 Å². The van der Waals surface area contributed by atoms with Gasteiger partial charge in [0, 0.05) is 36.8 Å². The second-order valence-electron chi connectivity index (χ2n) is 6.98. The number of hydrogen-bond donors (Lipinski definition) is 1. The molecule has 144 valence electrons. The normalized spacial score (nSPS) is 13.4. The Hall–Kier alpha value is -1.50. The molecule has 0 aliphatic heterocycles. The molecule has 1 aromatic carbocycles. The van der Waals surface area contributed by atoms with E-state index in [4.69, 9.17) is 0 Å². The third-order valence-corrected chi connectivity index (χ3v) is 6.58. The van der Waals surface area contributed by atoms with Crippen molar-refractivity contribution in [2.45, 2.75) is 44.4 Å². The van der Waals surface area contributed by atoms with Crippen LogP contribution in [-0.4, -0.2) is 44.4 Å². The van der Waals surface area contributed by atoms with E-state index in [9.17, 15) is 8.42 Å². The molecule has 0 saturated heterocycles. The highest BCUT2D eigenvalue weighted by Gasteiger charge is 2.22. The molecule has 0 radical (unpaired) electrons. The Morgan fingerprint density at radius 3 is 2.81 bits per heavy atom. The van der Waals surface area contributed by atoms with Gasteiger partial charge < -0.3 is 5.32 Å². The summed E-state index contributed by atoms with van der Waals surface area (Å²) in [6, 6.07) is 7.10. The van der Waals surface area contributed by atoms with Crippen LogP contribution in [0.5, 0.6) is 0 Å². The summed E-state index contributed by atoms with van der Waals surface area (Å²) in [6.45, 7) is 7.05. The van der Waals surface area contributed by atoms with E-state index in [1.54, 1.807) is 37.6 Å². The van der Waals surface area contributed by atoms with E-state index in [0.717, 1.165) is 49.5 Å². The van der Waals surface area contributed by atoms with Gasteiger partial charge in [-0.25, -0.2) is 12.7 Å². The Balaban J connectivity index is 1.91. The van der Waals surface area contributed by atoms with Gasteiger partial charge in [0.05, 0.1) is 4.90 Å². The average molecular weight is 378 g/mol. The number of hydrogen-bond acceptors (Lipinski definition) is 4. The number of nitrogens with one attached hydrogen (secondary N) is 1. The molecule has 6 heteroatoms. The van der Waals surface area contributed by atoms with Crippen LogP contribution < -0.4 is 5.32 Å². The quantitative estimate of drug-likeness (QED) is 0.607. The fourth-order valence-electron chi connectivity index (χ4n) is 3.06. The number of unbranched alkanes of at least 4 members (excludes halogenated alkanes) is 1. The first kappa shape index (κ1) is 20.8. The number of benzene rings is 1. The highest BCUT2D eigenvalue weighted by molar-refractivity contribution is 7.89. The molecule has 2 rings (SSSR count). The topological polar surface area (TPSA) is 62.3 Å². The predicted molar refractivity (Wildman–Crippen MR) is 108 cm³/mol. The molecule has 0 aliphatic rings. The van der Waals surface area contributed by atoms with Crippen molar-refractivity contribution in [1.29, 1.82) is 0 Å². The number of sulfonamides is 1. The van der Waals surface area contributed by atoms with Crippen LogP contribution in [0.3, 0.4) is 0 Å². The summed E-state index contributed by atoms with van der Waals surface area (Å²) >= 11 is 0. The lowest BCUT2D eigenvalue weighted by molar-refractivity contribution is 0.421. The number of pyridine rings is 1. The Bertz CT molecular complexity index is 787. The van der Waals surface area contributed by atoms with Crippen molar-refractivity contribution in [2.24, 2.45) is 5.92 Å². The lowest BCUT2D eigenvalue weighted by atomic mass is 10.0. The van der Waals surface area contributed by atoms with Gasteiger partial charge in [0.15, 0.2) is 0 Å². The zero-order chi connectivity index (χ0) is 19.0. The summed E-state index contributed by atoms with van der Waals surface area (Å²) in [6.07, 6.45) is 7.51. The smallest absolute Gasteiger partial charge is 0.243 e. The van der Waals surface area contributed by atoms with Gasteiger partial charge in [-0.15, -0.1) is 0 Å². The molecule has 1 N–H and O–H groups in total. The monoisotopic (exact) mass is 377 g/mol. The molecular formula is C20H31N3O2S. The van der Waals surface area contributed by atoms with Crippen molar-refractivity contribution in [3.63, 3.8) is 0 Å². The van der Waals surface area contributed by atoms with Crippen molar-refractivity contribution < 1.29 is 8.42 Å². The molecule has 0 saturated carbocycles. The molecule has 1 aromatic heterocycles. The van der Waals surface area contributed by atoms with E-state index >= 15 is 0 Å². The maximum Gasteiger partial charge on any atom is 0.243 e. The summed E-state index contributed by atoms with van der Waals surface area (Å²) in [5.74, 6) is 0.619. The molecule has 0 spiro atoms. The molecule has 2 aromatic rings. The predicted octanol–water partition coefficient (Wildman–Crippen LogP) is 3.66. The minimum absolute atomic E-state index is 0.358. The second-order valence-corrected chi connectivity index (χ2v) is 9.00. The van der Waals surface area contributed by atoms with Crippen LogP contribution >= 0.6 is 0 Å². The van der Waals surface area contributed by atoms with E-state index in [1.165, 1.54) is 4.31 Å². The van der Waals surface area contributed by atoms with Crippen LogP contribution in [-0.2, 0) is 10.0 Å². The van der Waals surface area contributed by atoms with Gasteiger partial charge in [-0.2, -0.15) is 0 Å². The van der Waals surface area contributed by atoms with E-state index < -0.39 is 10.0 Å². The Morgan fingerprint density at radius 2 is 2.04 bits per heavy atom. The van der Waals surface area contributed by atoms with Crippen LogP contribution in [0.2, 0.25) is 0 Å². The molecule has 0 amide bonds. The Labute approximate surface area is 157 Å². The summed E-state index contributed by atoms with van der Waals surface area (Å²) < 4.78 is 27.4. The molecule has 1 unspecified atom stereocenters. The summed E-state index contributed by atoms with van der Waals surface area (Å²) in [5, 5.41) is 5.01. The molecule has 1 heterocycles. The van der Waals surface area contributed by atoms with Gasteiger partial charge in [-0.1, -0.05) is 32.4 Å². The van der Waals surface area contributed by atoms with E-state index in [-0.39, 0.29) is 0 Å². The largest absolute Gasteiger partial charge is 0.316 e. The van der Waals surface area contributed by atoms with Gasteiger partial charge in [-0.3, -0.25) is 4.98 Å². The van der Waals surface area contributed by atoms with Gasteiger partial charge >= 0.3 is 0 Å². The zero-order valence-corrected chi connectivity index (χ0v) is 16.9. The van der Waals surface area contributed by atoms with Crippen molar-refractivity contribution in [1.82, 2.24) is 14.6 Å². The van der Waals surface area contributed by atoms with Gasteiger partial charge in [0.25, 0.3) is 0 Å². The minimum Gasteiger partial charge on any atom is -0.316 e. The van der Waals surface area contributed by atoms with Crippen LogP contribution in [0.1, 0.15) is 39.5 Å². The SMILES string of the molecule is CCCNCC(C)CCCCN(C)S(=O)(=O)c1cccc2cnccc12. The average Bonchev–Trinajstić information content (AvgIpc) is 2.64. The Kier molecular flexibility index (Phi) is 8.00. The summed E-state index contributed by atoms with van der Waals surface area (Å²) in [7, 11) is -1.82. The summed E-state index contributed by atoms with van der Waals surface area (Å²) in [5.41, 5.74) is 0. The molecule has 5 nitrogen and oxygen atoms in total. The van der Waals surface area contributed by atoms with Crippen LogP contribution in [0, 0.1) is 5.92 Å². The third kappa shape index (κ3) is 5.50. The maximum atomic E-state index is 12.9. The number of aromatic nitrogens is 1. The van der Waals surface area contributed by atoms with E-state index in [0.29, 0.717) is 17.4 Å². The first-order valence-corrected chi connectivity index (χ1v) is 10.9. The van der Waals surface area contributed by atoms with E-state index in [1.807, 2.05) is 6.07 Å². The summed E-state index contributed by atoms with van der Waals surface area (Å²) in [4.78, 5) is 4.43. The van der Waals surface area contributed by atoms with Crippen molar-refractivity contribution in [3.8, 4) is 0 Å². The molecule has 26 heavy (non-hydrogen) atoms. The third-order valence-electron chi connectivity index (χ3n) is 4.67. The Morgan fingerprint density at radius 1 is 1.23 bits per heavy atom. The van der Waals surface area contributed by atoms with Crippen LogP contribution in [0.25, 0.3) is 10.8 Å². The number of rotatable bonds is 11. The fourth-order valence-corrected chi connectivity index (χ4v) is 4.48. The van der Waals surface area contributed by atoms with Gasteiger partial charge in [-0.05, 0) is 50.4 Å². The lowest BCUT2D eigenvalue weighted by Gasteiger charge is -2.19. The minimum atomic E-state index is -3.49. The van der Waals surface area contributed by atoms with Crippen molar-refractivity contribution in [3.05, 3.63) is 36.7 Å². The van der Waals surface area contributed by atoms with Gasteiger partial charge in [0.2, 0.25) is 10.0 Å². The molecular weight excluding hydrogens is 346 g/mol. The van der Waals surface area contributed by atoms with Crippen LogP contribution in [0.4, 0.5) is 0 Å². The highest BCUT2D eigenvalue weighted by Crippen LogP contribution is 2.24. The van der Waals surface area contributed by atoms with Crippen molar-refractivity contribution >= 4 is 20.8 Å². The number of nitrogens with zero attached hydrogens (tertiary/aromatic N) is 2. The highest BCUT2D eigenvalue weighted by atomic mass is 32.2. The molecule has 0 bridgehead atoms. The molecule has 1 atom stereocenters. The number of fused-ring (bicyclic) bond motifs is 1.